The van der Waals surface area contributed by atoms with Crippen LogP contribution < -0.4 is 4.90 Å². The van der Waals surface area contributed by atoms with Gasteiger partial charge in [-0.05, 0) is 55.4 Å². The third-order valence-electron chi connectivity index (χ3n) is 5.56. The summed E-state index contributed by atoms with van der Waals surface area (Å²) >= 11 is 0. The van der Waals surface area contributed by atoms with Gasteiger partial charge in [-0.15, -0.1) is 0 Å². The Morgan fingerprint density at radius 1 is 0.963 bits per heavy atom. The summed E-state index contributed by atoms with van der Waals surface area (Å²) in [7, 11) is -3.62. The molecule has 1 fully saturated rings. The largest absolute Gasteiger partial charge is 0.388 e. The molecule has 0 bridgehead atoms. The maximum atomic E-state index is 11.6. The van der Waals surface area contributed by atoms with Crippen molar-refractivity contribution in [2.75, 3.05) is 11.2 Å². The smallest absolute Gasteiger partial charge is 0.264 e. The molecule has 0 amide bonds. The van der Waals surface area contributed by atoms with Crippen molar-refractivity contribution in [3.05, 3.63) is 59.7 Å². The first-order valence-electron chi connectivity index (χ1n) is 9.45. The van der Waals surface area contributed by atoms with Gasteiger partial charge < -0.3 is 10.0 Å². The zero-order valence-electron chi connectivity index (χ0n) is 15.4. The summed E-state index contributed by atoms with van der Waals surface area (Å²) in [5.74, 6) is 0. The Morgan fingerprint density at radius 3 is 2.07 bits per heavy atom. The van der Waals surface area contributed by atoms with Crippen LogP contribution in [0, 0.1) is 0 Å². The van der Waals surface area contributed by atoms with Crippen LogP contribution in [0.4, 0.5) is 11.4 Å². The molecule has 0 saturated heterocycles. The summed E-state index contributed by atoms with van der Waals surface area (Å²) < 4.78 is 28.5. The summed E-state index contributed by atoms with van der Waals surface area (Å²) in [5.41, 5.74) is 4.66. The second-order valence-corrected chi connectivity index (χ2v) is 9.06. The van der Waals surface area contributed by atoms with Gasteiger partial charge in [0.1, 0.15) is 12.2 Å². The number of rotatable bonds is 3. The van der Waals surface area contributed by atoms with Crippen LogP contribution in [0.2, 0.25) is 0 Å². The molecule has 0 radical (unpaired) electrons. The normalized spacial score (nSPS) is 25.4. The van der Waals surface area contributed by atoms with E-state index in [0.717, 1.165) is 43.3 Å². The topological polar surface area (TPSA) is 66.8 Å². The van der Waals surface area contributed by atoms with E-state index in [1.165, 1.54) is 11.1 Å². The predicted octanol–water partition coefficient (Wildman–Crippen LogP) is 3.18. The van der Waals surface area contributed by atoms with Gasteiger partial charge in [-0.3, -0.25) is 4.18 Å². The molecule has 2 aromatic carbocycles. The molecule has 1 saturated carbocycles. The standard InChI is InChI=1S/C21H25NO4S/c1-27(24,25)26-20-12-6-11-19(21(20)23)22-17-9-4-2-7-15(17)13-14-16-8-3-5-10-18(16)22/h2-5,7-10,19-21,23H,6,11-14H2,1H3/t19?,20-,21+/m1/s1. The van der Waals surface area contributed by atoms with Gasteiger partial charge in [-0.1, -0.05) is 36.4 Å². The molecule has 3 atom stereocenters. The van der Waals surface area contributed by atoms with Crippen molar-refractivity contribution in [2.45, 2.75) is 50.4 Å². The Hall–Kier alpha value is -1.89. The number of benzene rings is 2. The number of hydrogen-bond acceptors (Lipinski definition) is 5. The minimum atomic E-state index is -3.62. The van der Waals surface area contributed by atoms with Gasteiger partial charge in [0.15, 0.2) is 0 Å². The van der Waals surface area contributed by atoms with E-state index in [2.05, 4.69) is 29.2 Å². The van der Waals surface area contributed by atoms with Crippen molar-refractivity contribution in [2.24, 2.45) is 0 Å². The summed E-state index contributed by atoms with van der Waals surface area (Å²) in [6.45, 7) is 0. The van der Waals surface area contributed by atoms with Gasteiger partial charge in [-0.25, -0.2) is 0 Å². The van der Waals surface area contributed by atoms with Gasteiger partial charge in [0.05, 0.1) is 12.3 Å². The van der Waals surface area contributed by atoms with Crippen LogP contribution >= 0.6 is 0 Å². The molecule has 1 aliphatic carbocycles. The molecular formula is C21H25NO4S. The first-order chi connectivity index (χ1) is 12.9. The third kappa shape index (κ3) is 3.74. The van der Waals surface area contributed by atoms with Crippen LogP contribution in [0.1, 0.15) is 30.4 Å². The van der Waals surface area contributed by atoms with E-state index in [1.807, 2.05) is 24.3 Å². The summed E-state index contributed by atoms with van der Waals surface area (Å²) in [6, 6.07) is 16.3. The maximum absolute atomic E-state index is 11.6. The van der Waals surface area contributed by atoms with Gasteiger partial charge in [-0.2, -0.15) is 8.42 Å². The van der Waals surface area contributed by atoms with Crippen LogP contribution in [0.5, 0.6) is 0 Å². The number of anilines is 2. The molecule has 2 aliphatic rings. The van der Waals surface area contributed by atoms with Crippen LogP contribution in [0.25, 0.3) is 0 Å². The van der Waals surface area contributed by atoms with Crippen molar-refractivity contribution in [1.82, 2.24) is 0 Å². The van der Waals surface area contributed by atoms with Crippen LogP contribution in [0.15, 0.2) is 48.5 Å². The highest BCUT2D eigenvalue weighted by Crippen LogP contribution is 2.41. The minimum Gasteiger partial charge on any atom is -0.388 e. The SMILES string of the molecule is CS(=O)(=O)O[C@@H]1CCCC(N2c3ccccc3CCc3ccccc32)[C@@H]1O. The van der Waals surface area contributed by atoms with E-state index in [9.17, 15) is 13.5 Å². The van der Waals surface area contributed by atoms with E-state index in [4.69, 9.17) is 4.18 Å². The summed E-state index contributed by atoms with van der Waals surface area (Å²) in [4.78, 5) is 2.21. The first kappa shape index (κ1) is 18.5. The molecular weight excluding hydrogens is 362 g/mol. The lowest BCUT2D eigenvalue weighted by Crippen LogP contribution is -2.51. The Kier molecular flexibility index (Phi) is 4.97. The van der Waals surface area contributed by atoms with E-state index < -0.39 is 22.3 Å². The number of para-hydroxylation sites is 2. The highest BCUT2D eigenvalue weighted by molar-refractivity contribution is 7.86. The molecule has 144 valence electrons. The molecule has 1 aliphatic heterocycles. The fraction of sp³-hybridized carbons (Fsp3) is 0.429. The number of nitrogens with zero attached hydrogens (tertiary/aromatic N) is 1. The number of fused-ring (bicyclic) bond motifs is 2. The molecule has 5 nitrogen and oxygen atoms in total. The fourth-order valence-corrected chi connectivity index (χ4v) is 5.06. The Labute approximate surface area is 160 Å². The molecule has 0 spiro atoms. The molecule has 2 aromatic rings. The summed E-state index contributed by atoms with van der Waals surface area (Å²) in [6.07, 6.45) is 3.47. The Balaban J connectivity index is 1.78. The molecule has 1 heterocycles. The average molecular weight is 388 g/mol. The van der Waals surface area contributed by atoms with Gasteiger partial charge in [0.2, 0.25) is 0 Å². The van der Waals surface area contributed by atoms with Crippen LogP contribution in [0.3, 0.4) is 0 Å². The Bertz CT molecular complexity index is 880. The molecule has 6 heteroatoms. The van der Waals surface area contributed by atoms with Crippen LogP contribution in [-0.2, 0) is 27.1 Å². The van der Waals surface area contributed by atoms with Crippen molar-refractivity contribution >= 4 is 21.5 Å². The number of aryl methyl sites for hydroxylation is 2. The number of hydrogen-bond donors (Lipinski definition) is 1. The number of aliphatic hydroxyl groups excluding tert-OH is 1. The predicted molar refractivity (Wildman–Crippen MR) is 106 cm³/mol. The maximum Gasteiger partial charge on any atom is 0.264 e. The monoisotopic (exact) mass is 387 g/mol. The molecule has 27 heavy (non-hydrogen) atoms. The van der Waals surface area contributed by atoms with E-state index >= 15 is 0 Å². The highest BCUT2D eigenvalue weighted by Gasteiger charge is 2.40. The second kappa shape index (κ2) is 7.26. The van der Waals surface area contributed by atoms with Crippen molar-refractivity contribution in [1.29, 1.82) is 0 Å². The lowest BCUT2D eigenvalue weighted by molar-refractivity contribution is -0.00195. The fourth-order valence-electron chi connectivity index (χ4n) is 4.40. The van der Waals surface area contributed by atoms with Gasteiger partial charge >= 0.3 is 0 Å². The lowest BCUT2D eigenvalue weighted by Gasteiger charge is -2.42. The Morgan fingerprint density at radius 2 is 1.52 bits per heavy atom. The molecule has 0 aromatic heterocycles. The first-order valence-corrected chi connectivity index (χ1v) is 11.3. The van der Waals surface area contributed by atoms with E-state index in [0.29, 0.717) is 6.42 Å². The van der Waals surface area contributed by atoms with Gasteiger partial charge in [0.25, 0.3) is 10.1 Å². The highest BCUT2D eigenvalue weighted by atomic mass is 32.2. The van der Waals surface area contributed by atoms with E-state index in [-0.39, 0.29) is 6.04 Å². The number of aliphatic hydroxyl groups is 1. The van der Waals surface area contributed by atoms with Crippen molar-refractivity contribution in [3.63, 3.8) is 0 Å². The van der Waals surface area contributed by atoms with E-state index in [1.54, 1.807) is 0 Å². The van der Waals surface area contributed by atoms with Crippen LogP contribution in [-0.4, -0.2) is 38.0 Å². The van der Waals surface area contributed by atoms with Gasteiger partial charge in [0, 0.05) is 11.4 Å². The van der Waals surface area contributed by atoms with Crippen molar-refractivity contribution < 1.29 is 17.7 Å². The minimum absolute atomic E-state index is 0.231. The molecule has 1 N–H and O–H groups in total. The lowest BCUT2D eigenvalue weighted by atomic mass is 9.88. The summed E-state index contributed by atoms with van der Waals surface area (Å²) in [5, 5.41) is 11.1. The molecule has 1 unspecified atom stereocenters. The zero-order chi connectivity index (χ0) is 19.0. The third-order valence-corrected chi connectivity index (χ3v) is 6.16. The zero-order valence-corrected chi connectivity index (χ0v) is 16.2. The molecule has 4 rings (SSSR count). The second-order valence-electron chi connectivity index (χ2n) is 7.46. The quantitative estimate of drug-likeness (QED) is 0.820. The van der Waals surface area contributed by atoms with Crippen molar-refractivity contribution in [3.8, 4) is 0 Å². The average Bonchev–Trinajstić information content (AvgIpc) is 2.80.